The van der Waals surface area contributed by atoms with E-state index in [1.165, 1.54) is 16.8 Å². The van der Waals surface area contributed by atoms with Gasteiger partial charge in [0.05, 0.1) is 30.1 Å². The van der Waals surface area contributed by atoms with Crippen molar-refractivity contribution in [3.05, 3.63) is 96.3 Å². The average Bonchev–Trinajstić information content (AvgIpc) is 3.57. The molecule has 1 aliphatic heterocycles. The van der Waals surface area contributed by atoms with E-state index >= 15 is 0 Å². The van der Waals surface area contributed by atoms with Gasteiger partial charge in [-0.3, -0.25) is 9.32 Å². The van der Waals surface area contributed by atoms with E-state index in [1.54, 1.807) is 73.7 Å². The van der Waals surface area contributed by atoms with Crippen molar-refractivity contribution < 1.29 is 38.1 Å². The molecular weight excluding hydrogens is 589 g/mol. The van der Waals surface area contributed by atoms with E-state index in [9.17, 15) is 24.8 Å². The zero-order valence-electron chi connectivity index (χ0n) is 23.7. The van der Waals surface area contributed by atoms with E-state index in [0.717, 1.165) is 5.56 Å². The Labute approximate surface area is 253 Å². The highest BCUT2D eigenvalue weighted by Gasteiger charge is 2.58. The fourth-order valence-electron chi connectivity index (χ4n) is 4.98. The van der Waals surface area contributed by atoms with Gasteiger partial charge in [-0.1, -0.05) is 48.5 Å². The highest BCUT2D eigenvalue weighted by Crippen LogP contribution is 2.47. The van der Waals surface area contributed by atoms with Crippen LogP contribution in [0.1, 0.15) is 18.2 Å². The Bertz CT molecular complexity index is 1680. The molecular formula is C30H32N5O8P. The van der Waals surface area contributed by atoms with E-state index in [1.807, 2.05) is 12.1 Å². The standard InChI is InChI=1S/C30H32N5O8P/c1-2-40-29(38)23(17-20-9-5-3-6-10-20)34-44(39,43-21-11-7-4-8-12-21)41-18-25-27(36)28(37)30(19-31,42-25)26-14-13-24-22(32)15-16-33-35(24)26/h3-16,23,25,27-28,36-37H,2,17-18,32H2,1H3,(H,34,39)/t23-,25+,27+,28+,30-,44?/m0/s1. The molecule has 5 rings (SSSR count). The second-order valence-electron chi connectivity index (χ2n) is 10.1. The van der Waals surface area contributed by atoms with Gasteiger partial charge in [0.1, 0.15) is 36.2 Å². The van der Waals surface area contributed by atoms with Crippen LogP contribution in [0.2, 0.25) is 0 Å². The van der Waals surface area contributed by atoms with E-state index < -0.39 is 50.3 Å². The molecule has 4 aromatic rings. The summed E-state index contributed by atoms with van der Waals surface area (Å²) in [6.07, 6.45) is -3.21. The van der Waals surface area contributed by atoms with Crippen LogP contribution in [-0.4, -0.2) is 63.4 Å². The van der Waals surface area contributed by atoms with Gasteiger partial charge < -0.3 is 29.9 Å². The van der Waals surface area contributed by atoms with Gasteiger partial charge in [0, 0.05) is 6.20 Å². The number of aliphatic hydroxyl groups is 2. The van der Waals surface area contributed by atoms with Crippen LogP contribution >= 0.6 is 7.75 Å². The molecule has 0 amide bonds. The number of nitrogens with two attached hydrogens (primary N) is 1. The molecule has 1 aliphatic rings. The van der Waals surface area contributed by atoms with E-state index in [0.29, 0.717) is 11.2 Å². The minimum atomic E-state index is -4.41. The van der Waals surface area contributed by atoms with Crippen molar-refractivity contribution in [1.29, 1.82) is 5.26 Å². The maximum atomic E-state index is 14.3. The molecule has 0 radical (unpaired) electrons. The number of carbonyl (C=O) groups is 1. The lowest BCUT2D eigenvalue weighted by Gasteiger charge is -2.26. The predicted octanol–water partition coefficient (Wildman–Crippen LogP) is 2.72. The van der Waals surface area contributed by atoms with Crippen LogP contribution in [0.5, 0.6) is 5.75 Å². The molecule has 44 heavy (non-hydrogen) atoms. The summed E-state index contributed by atoms with van der Waals surface area (Å²) in [5.41, 5.74) is 5.69. The number of ether oxygens (including phenoxy) is 2. The van der Waals surface area contributed by atoms with Crippen LogP contribution in [0.4, 0.5) is 5.69 Å². The first-order valence-electron chi connectivity index (χ1n) is 13.8. The number of para-hydroxylation sites is 1. The Morgan fingerprint density at radius 3 is 2.55 bits per heavy atom. The van der Waals surface area contributed by atoms with Gasteiger partial charge in [0.15, 0.2) is 0 Å². The second-order valence-corrected chi connectivity index (χ2v) is 11.8. The van der Waals surface area contributed by atoms with Gasteiger partial charge >= 0.3 is 13.7 Å². The highest BCUT2D eigenvalue weighted by molar-refractivity contribution is 7.52. The van der Waals surface area contributed by atoms with Crippen LogP contribution in [0.3, 0.4) is 0 Å². The summed E-state index contributed by atoms with van der Waals surface area (Å²) < 4.78 is 38.3. The van der Waals surface area contributed by atoms with Gasteiger partial charge in [-0.25, -0.2) is 9.08 Å². The SMILES string of the molecule is CCOC(=O)[C@H](Cc1ccccc1)NP(=O)(OC[C@H]1O[C@@](C#N)(c2ccc3c(N)ccnn23)[C@H](O)[C@@H]1O)Oc1ccccc1. The lowest BCUT2D eigenvalue weighted by molar-refractivity contribution is -0.145. The van der Waals surface area contributed by atoms with Gasteiger partial charge in [-0.05, 0) is 49.2 Å². The van der Waals surface area contributed by atoms with Crippen molar-refractivity contribution in [2.24, 2.45) is 0 Å². The molecule has 1 saturated heterocycles. The first kappa shape index (κ1) is 31.2. The number of rotatable bonds is 12. The van der Waals surface area contributed by atoms with Crippen molar-refractivity contribution >= 4 is 24.9 Å². The van der Waals surface area contributed by atoms with Gasteiger partial charge in [-0.15, -0.1) is 0 Å². The quantitative estimate of drug-likeness (QED) is 0.134. The monoisotopic (exact) mass is 621 g/mol. The molecule has 2 aromatic carbocycles. The Morgan fingerprint density at radius 1 is 1.16 bits per heavy atom. The number of nitrogen functional groups attached to an aromatic ring is 1. The molecule has 0 aliphatic carbocycles. The number of benzene rings is 2. The lowest BCUT2D eigenvalue weighted by Crippen LogP contribution is -2.41. The molecule has 0 saturated carbocycles. The zero-order valence-corrected chi connectivity index (χ0v) is 24.6. The van der Waals surface area contributed by atoms with Crippen molar-refractivity contribution in [2.75, 3.05) is 18.9 Å². The van der Waals surface area contributed by atoms with Crippen molar-refractivity contribution in [3.63, 3.8) is 0 Å². The van der Waals surface area contributed by atoms with Gasteiger partial charge in [-0.2, -0.15) is 15.4 Å². The highest BCUT2D eigenvalue weighted by atomic mass is 31.2. The second kappa shape index (κ2) is 13.2. The largest absolute Gasteiger partial charge is 0.465 e. The number of hydrogen-bond acceptors (Lipinski definition) is 11. The third-order valence-electron chi connectivity index (χ3n) is 7.14. The summed E-state index contributed by atoms with van der Waals surface area (Å²) in [5.74, 6) is -0.506. The maximum absolute atomic E-state index is 14.3. The van der Waals surface area contributed by atoms with Crippen molar-refractivity contribution in [2.45, 2.75) is 43.3 Å². The normalized spacial score (nSPS) is 23.5. The molecule has 5 N–H and O–H groups in total. The Kier molecular flexibility index (Phi) is 9.31. The molecule has 0 bridgehead atoms. The summed E-state index contributed by atoms with van der Waals surface area (Å²) in [7, 11) is -4.41. The number of aromatic nitrogens is 2. The predicted molar refractivity (Wildman–Crippen MR) is 158 cm³/mol. The molecule has 1 fully saturated rings. The Hall–Kier alpha value is -4.28. The van der Waals surface area contributed by atoms with Crippen molar-refractivity contribution in [1.82, 2.24) is 14.7 Å². The molecule has 6 atom stereocenters. The molecule has 2 aromatic heterocycles. The summed E-state index contributed by atoms with van der Waals surface area (Å²) in [4.78, 5) is 13.0. The van der Waals surface area contributed by atoms with Crippen LogP contribution in [-0.2, 0) is 35.4 Å². The number of carbonyl (C=O) groups excluding carboxylic acids is 1. The first-order valence-corrected chi connectivity index (χ1v) is 15.4. The Balaban J connectivity index is 1.42. The number of nitrogens with zero attached hydrogens (tertiary/aromatic N) is 3. The number of hydrogen-bond donors (Lipinski definition) is 4. The lowest BCUT2D eigenvalue weighted by atomic mass is 9.92. The molecule has 1 unspecified atom stereocenters. The third-order valence-corrected chi connectivity index (χ3v) is 8.71. The van der Waals surface area contributed by atoms with E-state index in [4.69, 9.17) is 24.3 Å². The summed E-state index contributed by atoms with van der Waals surface area (Å²) in [6, 6.07) is 22.7. The summed E-state index contributed by atoms with van der Waals surface area (Å²) >= 11 is 0. The number of aliphatic hydroxyl groups excluding tert-OH is 2. The fraction of sp³-hybridized carbons (Fsp3) is 0.300. The molecule has 13 nitrogen and oxygen atoms in total. The molecule has 3 heterocycles. The third kappa shape index (κ3) is 6.32. The fourth-order valence-corrected chi connectivity index (χ4v) is 6.48. The van der Waals surface area contributed by atoms with E-state index in [2.05, 4.69) is 10.2 Å². The van der Waals surface area contributed by atoms with Crippen LogP contribution in [0.15, 0.2) is 85.1 Å². The van der Waals surface area contributed by atoms with Crippen LogP contribution in [0, 0.1) is 11.3 Å². The maximum Gasteiger partial charge on any atom is 0.459 e. The topological polar surface area (TPSA) is 191 Å². The number of anilines is 1. The number of fused-ring (bicyclic) bond motifs is 1. The zero-order chi connectivity index (χ0) is 31.3. The van der Waals surface area contributed by atoms with E-state index in [-0.39, 0.29) is 24.5 Å². The Morgan fingerprint density at radius 2 is 1.86 bits per heavy atom. The number of nitriles is 1. The molecule has 14 heteroatoms. The average molecular weight is 622 g/mol. The number of nitrogens with one attached hydrogen (secondary N) is 1. The molecule has 230 valence electrons. The minimum absolute atomic E-state index is 0.0850. The smallest absolute Gasteiger partial charge is 0.459 e. The van der Waals surface area contributed by atoms with Gasteiger partial charge in [0.25, 0.3) is 0 Å². The van der Waals surface area contributed by atoms with Crippen molar-refractivity contribution in [3.8, 4) is 11.8 Å². The molecule has 0 spiro atoms. The summed E-state index contributed by atoms with van der Waals surface area (Å²) in [5, 5.41) is 39.2. The first-order chi connectivity index (χ1) is 21.2. The van der Waals surface area contributed by atoms with Crippen LogP contribution < -0.4 is 15.3 Å². The summed E-state index contributed by atoms with van der Waals surface area (Å²) in [6.45, 7) is 1.14. The van der Waals surface area contributed by atoms with Gasteiger partial charge in [0.2, 0.25) is 5.60 Å². The number of esters is 1. The minimum Gasteiger partial charge on any atom is -0.465 e. The van der Waals surface area contributed by atoms with Crippen LogP contribution in [0.25, 0.3) is 5.52 Å².